The number of benzene rings is 1. The fourth-order valence-electron chi connectivity index (χ4n) is 3.84. The lowest BCUT2D eigenvalue weighted by Gasteiger charge is -2.35. The zero-order chi connectivity index (χ0) is 20.9. The highest BCUT2D eigenvalue weighted by atomic mass is 16.2. The molecule has 2 aliphatic heterocycles. The van der Waals surface area contributed by atoms with Crippen LogP contribution < -0.4 is 10.2 Å². The number of imide groups is 1. The largest absolute Gasteiger partial charge is 0.353 e. The third-order valence-corrected chi connectivity index (χ3v) is 5.56. The lowest BCUT2D eigenvalue weighted by atomic mass is 10.1. The van der Waals surface area contributed by atoms with Gasteiger partial charge in [-0.2, -0.15) is 0 Å². The number of pyridine rings is 1. The molecule has 2 aromatic rings. The minimum Gasteiger partial charge on any atom is -0.353 e. The smallest absolute Gasteiger partial charge is 0.324 e. The molecule has 1 unspecified atom stereocenters. The summed E-state index contributed by atoms with van der Waals surface area (Å²) >= 11 is 0. The van der Waals surface area contributed by atoms with Gasteiger partial charge in [0.25, 0.3) is 5.91 Å². The molecule has 4 amide bonds. The Morgan fingerprint density at radius 2 is 1.73 bits per heavy atom. The standard InChI is InChI=1S/C22H25N5O3/c28-20(26-14-12-25(13-15-26)19-8-4-5-10-23-19)16-18-21(29)27(22(30)24-18)11-9-17-6-2-1-3-7-17/h1-8,10,18H,9,11-16H2,(H,24,30). The Hall–Kier alpha value is -3.42. The summed E-state index contributed by atoms with van der Waals surface area (Å²) in [7, 11) is 0. The zero-order valence-electron chi connectivity index (χ0n) is 16.7. The summed E-state index contributed by atoms with van der Waals surface area (Å²) in [6, 6.07) is 14.3. The van der Waals surface area contributed by atoms with Gasteiger partial charge in [0.05, 0.1) is 6.42 Å². The highest BCUT2D eigenvalue weighted by Gasteiger charge is 2.39. The number of aromatic nitrogens is 1. The van der Waals surface area contributed by atoms with E-state index in [1.165, 1.54) is 4.90 Å². The normalized spacial score (nSPS) is 19.2. The van der Waals surface area contributed by atoms with Gasteiger partial charge >= 0.3 is 6.03 Å². The first kappa shape index (κ1) is 19.9. The van der Waals surface area contributed by atoms with Crippen LogP contribution in [0, 0.1) is 0 Å². The summed E-state index contributed by atoms with van der Waals surface area (Å²) in [6.07, 6.45) is 2.34. The molecule has 1 aromatic carbocycles. The second-order valence-corrected chi connectivity index (χ2v) is 7.49. The first-order valence-electron chi connectivity index (χ1n) is 10.2. The van der Waals surface area contributed by atoms with Crippen molar-refractivity contribution in [3.8, 4) is 0 Å². The SMILES string of the molecule is O=C(CC1NC(=O)N(CCc2ccccc2)C1=O)N1CCN(c2ccccn2)CC1. The number of carbonyl (C=O) groups excluding carboxylic acids is 3. The average molecular weight is 407 g/mol. The molecule has 0 radical (unpaired) electrons. The Bertz CT molecular complexity index is 898. The van der Waals surface area contributed by atoms with Crippen molar-refractivity contribution in [3.63, 3.8) is 0 Å². The number of rotatable bonds is 6. The number of nitrogens with one attached hydrogen (secondary N) is 1. The van der Waals surface area contributed by atoms with Crippen LogP contribution in [0.25, 0.3) is 0 Å². The van der Waals surface area contributed by atoms with Gasteiger partial charge in [0, 0.05) is 38.9 Å². The van der Waals surface area contributed by atoms with Crippen molar-refractivity contribution in [2.24, 2.45) is 0 Å². The number of anilines is 1. The maximum Gasteiger partial charge on any atom is 0.324 e. The number of carbonyl (C=O) groups is 3. The predicted molar refractivity (Wildman–Crippen MR) is 112 cm³/mol. The molecule has 1 atom stereocenters. The van der Waals surface area contributed by atoms with Gasteiger partial charge in [0.15, 0.2) is 0 Å². The summed E-state index contributed by atoms with van der Waals surface area (Å²) < 4.78 is 0. The molecule has 4 rings (SSSR count). The Balaban J connectivity index is 1.27. The Kier molecular flexibility index (Phi) is 5.92. The number of hydrogen-bond acceptors (Lipinski definition) is 5. The average Bonchev–Trinajstić information content (AvgIpc) is 3.06. The van der Waals surface area contributed by atoms with Crippen LogP contribution in [-0.2, 0) is 16.0 Å². The molecular weight excluding hydrogens is 382 g/mol. The van der Waals surface area contributed by atoms with E-state index in [2.05, 4.69) is 15.2 Å². The molecule has 0 bridgehead atoms. The first-order valence-corrected chi connectivity index (χ1v) is 10.2. The van der Waals surface area contributed by atoms with Crippen molar-refractivity contribution in [2.75, 3.05) is 37.6 Å². The molecule has 156 valence electrons. The van der Waals surface area contributed by atoms with E-state index in [4.69, 9.17) is 0 Å². The summed E-state index contributed by atoms with van der Waals surface area (Å²) in [6.45, 7) is 2.83. The number of amides is 4. The van der Waals surface area contributed by atoms with Crippen LogP contribution in [0.5, 0.6) is 0 Å². The number of piperazine rings is 1. The Labute approximate surface area is 175 Å². The zero-order valence-corrected chi connectivity index (χ0v) is 16.7. The number of hydrogen-bond donors (Lipinski definition) is 1. The van der Waals surface area contributed by atoms with E-state index in [-0.39, 0.29) is 18.2 Å². The molecule has 2 saturated heterocycles. The van der Waals surface area contributed by atoms with Crippen LogP contribution in [0.4, 0.5) is 10.6 Å². The molecule has 8 heteroatoms. The maximum atomic E-state index is 12.7. The van der Waals surface area contributed by atoms with Gasteiger partial charge in [-0.05, 0) is 24.1 Å². The van der Waals surface area contributed by atoms with Gasteiger partial charge in [-0.3, -0.25) is 14.5 Å². The molecular formula is C22H25N5O3. The Morgan fingerprint density at radius 1 is 1.00 bits per heavy atom. The fraction of sp³-hybridized carbons (Fsp3) is 0.364. The molecule has 8 nitrogen and oxygen atoms in total. The van der Waals surface area contributed by atoms with Crippen LogP contribution >= 0.6 is 0 Å². The van der Waals surface area contributed by atoms with Crippen LogP contribution in [-0.4, -0.2) is 71.4 Å². The number of nitrogens with zero attached hydrogens (tertiary/aromatic N) is 4. The predicted octanol–water partition coefficient (Wildman–Crippen LogP) is 1.28. The quantitative estimate of drug-likeness (QED) is 0.730. The molecule has 1 N–H and O–H groups in total. The molecule has 0 aliphatic carbocycles. The Morgan fingerprint density at radius 3 is 2.43 bits per heavy atom. The molecule has 3 heterocycles. The molecule has 1 aromatic heterocycles. The molecule has 0 spiro atoms. The monoisotopic (exact) mass is 407 g/mol. The van der Waals surface area contributed by atoms with E-state index in [1.54, 1.807) is 11.1 Å². The third kappa shape index (κ3) is 4.42. The lowest BCUT2D eigenvalue weighted by Crippen LogP contribution is -2.50. The van der Waals surface area contributed by atoms with Gasteiger partial charge in [-0.1, -0.05) is 36.4 Å². The van der Waals surface area contributed by atoms with Crippen LogP contribution in [0.2, 0.25) is 0 Å². The topological polar surface area (TPSA) is 85.8 Å². The van der Waals surface area contributed by atoms with Crippen LogP contribution in [0.3, 0.4) is 0 Å². The summed E-state index contributed by atoms with van der Waals surface area (Å²) in [5.41, 5.74) is 1.06. The molecule has 2 fully saturated rings. The van der Waals surface area contributed by atoms with E-state index >= 15 is 0 Å². The lowest BCUT2D eigenvalue weighted by molar-refractivity contribution is -0.136. The second kappa shape index (κ2) is 8.94. The summed E-state index contributed by atoms with van der Waals surface area (Å²) in [4.78, 5) is 47.0. The van der Waals surface area contributed by atoms with Gasteiger partial charge < -0.3 is 15.1 Å². The van der Waals surface area contributed by atoms with Crippen molar-refractivity contribution in [2.45, 2.75) is 18.9 Å². The van der Waals surface area contributed by atoms with Crippen molar-refractivity contribution in [1.29, 1.82) is 0 Å². The van der Waals surface area contributed by atoms with Crippen molar-refractivity contribution in [1.82, 2.24) is 20.1 Å². The van der Waals surface area contributed by atoms with Gasteiger partial charge in [-0.25, -0.2) is 9.78 Å². The second-order valence-electron chi connectivity index (χ2n) is 7.49. The van der Waals surface area contributed by atoms with Crippen LogP contribution in [0.15, 0.2) is 54.7 Å². The van der Waals surface area contributed by atoms with E-state index in [1.807, 2.05) is 48.5 Å². The minimum atomic E-state index is -0.783. The van der Waals surface area contributed by atoms with Crippen LogP contribution in [0.1, 0.15) is 12.0 Å². The van der Waals surface area contributed by atoms with Gasteiger partial charge in [-0.15, -0.1) is 0 Å². The summed E-state index contributed by atoms with van der Waals surface area (Å²) in [5, 5.41) is 2.66. The van der Waals surface area contributed by atoms with E-state index in [0.717, 1.165) is 11.4 Å². The van der Waals surface area contributed by atoms with Gasteiger partial charge in [0.1, 0.15) is 11.9 Å². The minimum absolute atomic E-state index is 0.00397. The molecule has 2 aliphatic rings. The van der Waals surface area contributed by atoms with E-state index in [0.29, 0.717) is 39.1 Å². The fourth-order valence-corrected chi connectivity index (χ4v) is 3.84. The third-order valence-electron chi connectivity index (χ3n) is 5.56. The summed E-state index contributed by atoms with van der Waals surface area (Å²) in [5.74, 6) is 0.465. The van der Waals surface area contributed by atoms with Crippen molar-refractivity contribution >= 4 is 23.7 Å². The molecule has 0 saturated carbocycles. The number of urea groups is 1. The van der Waals surface area contributed by atoms with E-state index < -0.39 is 12.1 Å². The molecule has 30 heavy (non-hydrogen) atoms. The highest BCUT2D eigenvalue weighted by molar-refractivity contribution is 6.05. The van der Waals surface area contributed by atoms with E-state index in [9.17, 15) is 14.4 Å². The maximum absolute atomic E-state index is 12.7. The van der Waals surface area contributed by atoms with Crippen molar-refractivity contribution < 1.29 is 14.4 Å². The highest BCUT2D eigenvalue weighted by Crippen LogP contribution is 2.16. The first-order chi connectivity index (χ1) is 14.6. The van der Waals surface area contributed by atoms with Gasteiger partial charge in [0.2, 0.25) is 5.91 Å². The van der Waals surface area contributed by atoms with Crippen molar-refractivity contribution in [3.05, 3.63) is 60.3 Å².